The van der Waals surface area contributed by atoms with Gasteiger partial charge >= 0.3 is 6.18 Å². The fourth-order valence-corrected chi connectivity index (χ4v) is 4.63. The molecule has 1 aliphatic heterocycles. The van der Waals surface area contributed by atoms with Crippen molar-refractivity contribution in [2.45, 2.75) is 24.0 Å². The number of nitrogens with one attached hydrogen (secondary N) is 1. The molecule has 1 aliphatic rings. The number of piperazine rings is 1. The van der Waals surface area contributed by atoms with E-state index in [4.69, 9.17) is 11.6 Å². The molecule has 0 aromatic heterocycles. The molecule has 11 heteroatoms. The number of halogens is 4. The van der Waals surface area contributed by atoms with E-state index in [1.54, 1.807) is 11.0 Å². The predicted molar refractivity (Wildman–Crippen MR) is 111 cm³/mol. The zero-order chi connectivity index (χ0) is 22.8. The number of anilines is 1. The molecule has 1 heterocycles. The predicted octanol–water partition coefficient (Wildman–Crippen LogP) is 3.37. The van der Waals surface area contributed by atoms with Gasteiger partial charge < -0.3 is 9.80 Å². The average molecular weight is 476 g/mol. The number of hydrogen-bond donors (Lipinski definition) is 1. The van der Waals surface area contributed by atoms with Gasteiger partial charge in [0.05, 0.1) is 16.5 Å². The van der Waals surface area contributed by atoms with Crippen molar-refractivity contribution in [3.63, 3.8) is 0 Å². The Kier molecular flexibility index (Phi) is 6.82. The summed E-state index contributed by atoms with van der Waals surface area (Å²) in [6, 6.07) is 9.61. The first-order valence-electron chi connectivity index (χ1n) is 9.46. The number of alkyl halides is 3. The standard InChI is InChI=1S/C20H21ClF3N3O3S/c1-14(25-31(29,30)18-7-5-16(21)6-8-18)19(28)27-11-9-26(10-12-27)17-4-2-3-15(13-17)20(22,23)24/h2-8,13-14,25H,9-12H2,1H3/t14-/m0/s1. The van der Waals surface area contributed by atoms with Crippen LogP contribution in [0.25, 0.3) is 0 Å². The van der Waals surface area contributed by atoms with Crippen LogP contribution >= 0.6 is 11.6 Å². The summed E-state index contributed by atoms with van der Waals surface area (Å²) in [6.07, 6.45) is -4.43. The normalized spacial score (nSPS) is 16.3. The van der Waals surface area contributed by atoms with Crippen LogP contribution < -0.4 is 9.62 Å². The van der Waals surface area contributed by atoms with E-state index in [0.29, 0.717) is 23.8 Å². The van der Waals surface area contributed by atoms with Gasteiger partial charge in [0, 0.05) is 36.9 Å². The van der Waals surface area contributed by atoms with Crippen molar-refractivity contribution in [3.8, 4) is 0 Å². The fourth-order valence-electron chi connectivity index (χ4n) is 3.30. The molecular formula is C20H21ClF3N3O3S. The first kappa shape index (κ1) is 23.4. The minimum atomic E-state index is -4.43. The molecule has 0 spiro atoms. The lowest BCUT2D eigenvalue weighted by atomic mass is 10.1. The highest BCUT2D eigenvalue weighted by atomic mass is 35.5. The first-order valence-corrected chi connectivity index (χ1v) is 11.3. The molecule has 1 atom stereocenters. The summed E-state index contributed by atoms with van der Waals surface area (Å²) >= 11 is 5.77. The molecule has 1 N–H and O–H groups in total. The third-order valence-electron chi connectivity index (χ3n) is 4.96. The van der Waals surface area contributed by atoms with E-state index in [9.17, 15) is 26.4 Å². The Bertz CT molecular complexity index is 1040. The van der Waals surface area contributed by atoms with Crippen molar-refractivity contribution in [1.82, 2.24) is 9.62 Å². The zero-order valence-corrected chi connectivity index (χ0v) is 18.1. The summed E-state index contributed by atoms with van der Waals surface area (Å²) in [5.74, 6) is -0.402. The molecule has 0 radical (unpaired) electrons. The summed E-state index contributed by atoms with van der Waals surface area (Å²) in [7, 11) is -3.91. The molecule has 31 heavy (non-hydrogen) atoms. The maximum Gasteiger partial charge on any atom is 0.416 e. The molecule has 0 unspecified atom stereocenters. The van der Waals surface area contributed by atoms with E-state index in [-0.39, 0.29) is 18.0 Å². The Morgan fingerprint density at radius 3 is 2.26 bits per heavy atom. The number of rotatable bonds is 5. The van der Waals surface area contributed by atoms with E-state index in [0.717, 1.165) is 12.1 Å². The SMILES string of the molecule is C[C@H](NS(=O)(=O)c1ccc(Cl)cc1)C(=O)N1CCN(c2cccc(C(F)(F)F)c2)CC1. The van der Waals surface area contributed by atoms with Crippen LogP contribution in [-0.4, -0.2) is 51.4 Å². The number of sulfonamides is 1. The third kappa shape index (κ3) is 5.69. The second-order valence-corrected chi connectivity index (χ2v) is 9.31. The number of carbonyl (C=O) groups excluding carboxylic acids is 1. The van der Waals surface area contributed by atoms with Crippen molar-refractivity contribution in [2.75, 3.05) is 31.1 Å². The van der Waals surface area contributed by atoms with E-state index in [2.05, 4.69) is 4.72 Å². The van der Waals surface area contributed by atoms with Crippen LogP contribution in [0.1, 0.15) is 12.5 Å². The molecule has 1 saturated heterocycles. The van der Waals surface area contributed by atoms with Gasteiger partial charge in [-0.2, -0.15) is 17.9 Å². The van der Waals surface area contributed by atoms with Crippen LogP contribution in [-0.2, 0) is 21.0 Å². The lowest BCUT2D eigenvalue weighted by Gasteiger charge is -2.37. The molecule has 1 amide bonds. The summed E-state index contributed by atoms with van der Waals surface area (Å²) in [4.78, 5) is 16.0. The Hall–Kier alpha value is -2.30. The van der Waals surface area contributed by atoms with E-state index < -0.39 is 33.7 Å². The maximum atomic E-state index is 12.9. The maximum absolute atomic E-state index is 12.9. The molecule has 168 valence electrons. The largest absolute Gasteiger partial charge is 0.416 e. The zero-order valence-electron chi connectivity index (χ0n) is 16.6. The molecule has 0 bridgehead atoms. The van der Waals surface area contributed by atoms with Gasteiger partial charge in [0.25, 0.3) is 0 Å². The topological polar surface area (TPSA) is 69.7 Å². The fraction of sp³-hybridized carbons (Fsp3) is 0.350. The first-order chi connectivity index (χ1) is 14.5. The van der Waals surface area contributed by atoms with E-state index in [1.807, 2.05) is 0 Å². The van der Waals surface area contributed by atoms with E-state index in [1.165, 1.54) is 42.2 Å². The van der Waals surface area contributed by atoms with Crippen LogP contribution in [0.4, 0.5) is 18.9 Å². The number of carbonyl (C=O) groups is 1. The second kappa shape index (κ2) is 9.05. The van der Waals surface area contributed by atoms with Crippen LogP contribution in [0.15, 0.2) is 53.4 Å². The van der Waals surface area contributed by atoms with Crippen molar-refractivity contribution in [1.29, 1.82) is 0 Å². The van der Waals surface area contributed by atoms with Crippen molar-refractivity contribution >= 4 is 33.2 Å². The molecule has 1 fully saturated rings. The quantitative estimate of drug-likeness (QED) is 0.720. The molecular weight excluding hydrogens is 455 g/mol. The van der Waals surface area contributed by atoms with Gasteiger partial charge in [0.15, 0.2) is 0 Å². The lowest BCUT2D eigenvalue weighted by Crippen LogP contribution is -2.54. The molecule has 3 rings (SSSR count). The molecule has 2 aromatic rings. The Labute approximate surface area is 183 Å². The third-order valence-corrected chi connectivity index (χ3v) is 6.76. The average Bonchev–Trinajstić information content (AvgIpc) is 2.73. The number of amides is 1. The van der Waals surface area contributed by atoms with Crippen LogP contribution in [0.2, 0.25) is 5.02 Å². The summed E-state index contributed by atoms with van der Waals surface area (Å²) in [6.45, 7) is 2.66. The number of hydrogen-bond acceptors (Lipinski definition) is 4. The Balaban J connectivity index is 1.60. The number of nitrogens with zero attached hydrogens (tertiary/aromatic N) is 2. The highest BCUT2D eigenvalue weighted by molar-refractivity contribution is 7.89. The highest BCUT2D eigenvalue weighted by Gasteiger charge is 2.32. The molecule has 2 aromatic carbocycles. The Morgan fingerprint density at radius 1 is 1.06 bits per heavy atom. The summed E-state index contributed by atoms with van der Waals surface area (Å²) in [5.41, 5.74) is -0.299. The summed E-state index contributed by atoms with van der Waals surface area (Å²) in [5, 5.41) is 0.390. The van der Waals surface area contributed by atoms with Gasteiger partial charge in [-0.3, -0.25) is 4.79 Å². The monoisotopic (exact) mass is 475 g/mol. The van der Waals surface area contributed by atoms with Gasteiger partial charge in [-0.15, -0.1) is 0 Å². The van der Waals surface area contributed by atoms with Crippen LogP contribution in [0, 0.1) is 0 Å². The Morgan fingerprint density at radius 2 is 1.68 bits per heavy atom. The summed E-state index contributed by atoms with van der Waals surface area (Å²) < 4.78 is 66.1. The van der Waals surface area contributed by atoms with Gasteiger partial charge in [0.2, 0.25) is 15.9 Å². The van der Waals surface area contributed by atoms with Gasteiger partial charge in [-0.05, 0) is 49.4 Å². The van der Waals surface area contributed by atoms with Crippen molar-refractivity contribution in [3.05, 3.63) is 59.1 Å². The van der Waals surface area contributed by atoms with Gasteiger partial charge in [0.1, 0.15) is 0 Å². The number of benzene rings is 2. The van der Waals surface area contributed by atoms with E-state index >= 15 is 0 Å². The van der Waals surface area contributed by atoms with Crippen LogP contribution in [0.3, 0.4) is 0 Å². The molecule has 0 aliphatic carbocycles. The lowest BCUT2D eigenvalue weighted by molar-refractivity contribution is -0.137. The van der Waals surface area contributed by atoms with Crippen LogP contribution in [0.5, 0.6) is 0 Å². The minimum Gasteiger partial charge on any atom is -0.368 e. The smallest absolute Gasteiger partial charge is 0.368 e. The highest BCUT2D eigenvalue weighted by Crippen LogP contribution is 2.31. The van der Waals surface area contributed by atoms with Gasteiger partial charge in [-0.25, -0.2) is 8.42 Å². The van der Waals surface area contributed by atoms with Crippen molar-refractivity contribution < 1.29 is 26.4 Å². The van der Waals surface area contributed by atoms with Gasteiger partial charge in [-0.1, -0.05) is 17.7 Å². The minimum absolute atomic E-state index is 0.00841. The molecule has 0 saturated carbocycles. The second-order valence-electron chi connectivity index (χ2n) is 7.16. The van der Waals surface area contributed by atoms with Crippen molar-refractivity contribution in [2.24, 2.45) is 0 Å². The molecule has 6 nitrogen and oxygen atoms in total.